The molecule has 0 spiro atoms. The number of likely N-dealkylation sites (tertiary alicyclic amines) is 1. The van der Waals surface area contributed by atoms with Crippen LogP contribution in [0.4, 0.5) is 0 Å². The summed E-state index contributed by atoms with van der Waals surface area (Å²) >= 11 is 6.38. The molecule has 1 amide bonds. The minimum absolute atomic E-state index is 0.0488. The van der Waals surface area contributed by atoms with Crippen molar-refractivity contribution in [3.8, 4) is 11.5 Å². The van der Waals surface area contributed by atoms with E-state index in [2.05, 4.69) is 0 Å². The van der Waals surface area contributed by atoms with Crippen molar-refractivity contribution in [2.45, 2.75) is 33.4 Å². The number of aliphatic hydroxyl groups is 1. The molecule has 0 radical (unpaired) electrons. The van der Waals surface area contributed by atoms with Crippen LogP contribution in [0, 0.1) is 13.8 Å². The van der Waals surface area contributed by atoms with E-state index in [1.807, 2.05) is 39.0 Å². The molecule has 0 aliphatic carbocycles. The first-order chi connectivity index (χ1) is 16.7. The van der Waals surface area contributed by atoms with Crippen molar-refractivity contribution in [2.24, 2.45) is 0 Å². The van der Waals surface area contributed by atoms with Gasteiger partial charge in [0, 0.05) is 12.1 Å². The fourth-order valence-electron chi connectivity index (χ4n) is 4.29. The van der Waals surface area contributed by atoms with Crippen LogP contribution in [0.5, 0.6) is 11.5 Å². The molecule has 4 rings (SSSR count). The molecule has 2 N–H and O–H groups in total. The fourth-order valence-corrected chi connectivity index (χ4v) is 4.49. The smallest absolute Gasteiger partial charge is 0.295 e. The number of carbonyl (C=O) groups is 2. The first-order valence-corrected chi connectivity index (χ1v) is 11.6. The quantitative estimate of drug-likeness (QED) is 0.263. The molecular weight excluding hydrogens is 466 g/mol. The van der Waals surface area contributed by atoms with Crippen molar-refractivity contribution in [3.05, 3.63) is 99.1 Å². The van der Waals surface area contributed by atoms with Crippen LogP contribution in [0.15, 0.2) is 66.2 Å². The van der Waals surface area contributed by atoms with Crippen molar-refractivity contribution in [1.82, 2.24) is 4.90 Å². The molecule has 35 heavy (non-hydrogen) atoms. The number of ether oxygens (including phenoxy) is 1. The van der Waals surface area contributed by atoms with E-state index in [1.165, 1.54) is 17.0 Å². The van der Waals surface area contributed by atoms with Gasteiger partial charge in [0.25, 0.3) is 11.7 Å². The van der Waals surface area contributed by atoms with Crippen molar-refractivity contribution >= 4 is 29.1 Å². The number of rotatable bonds is 6. The Balaban J connectivity index is 1.89. The third-order valence-corrected chi connectivity index (χ3v) is 6.43. The lowest BCUT2D eigenvalue weighted by Crippen LogP contribution is -2.29. The minimum atomic E-state index is -0.873. The average Bonchev–Trinajstić information content (AvgIpc) is 3.08. The molecule has 1 aliphatic rings. The van der Waals surface area contributed by atoms with Gasteiger partial charge in [-0.15, -0.1) is 0 Å². The maximum Gasteiger partial charge on any atom is 0.295 e. The average molecular weight is 492 g/mol. The molecule has 3 aromatic rings. The van der Waals surface area contributed by atoms with Crippen molar-refractivity contribution in [2.75, 3.05) is 6.61 Å². The number of hydrogen-bond donors (Lipinski definition) is 2. The van der Waals surface area contributed by atoms with E-state index in [1.54, 1.807) is 30.3 Å². The Hall–Kier alpha value is -3.77. The highest BCUT2D eigenvalue weighted by Crippen LogP contribution is 2.42. The molecule has 0 saturated carbocycles. The van der Waals surface area contributed by atoms with Crippen LogP contribution < -0.4 is 4.74 Å². The first kappa shape index (κ1) is 24.4. The zero-order valence-electron chi connectivity index (χ0n) is 19.7. The topological polar surface area (TPSA) is 87.1 Å². The second kappa shape index (κ2) is 9.84. The molecule has 1 aliphatic heterocycles. The predicted molar refractivity (Wildman–Crippen MR) is 134 cm³/mol. The van der Waals surface area contributed by atoms with Crippen LogP contribution in [-0.4, -0.2) is 33.4 Å². The molecule has 7 heteroatoms. The summed E-state index contributed by atoms with van der Waals surface area (Å²) in [6.45, 7) is 6.32. The summed E-state index contributed by atoms with van der Waals surface area (Å²) in [6, 6.07) is 16.1. The maximum absolute atomic E-state index is 13.3. The lowest BCUT2D eigenvalue weighted by molar-refractivity contribution is -0.140. The number of halogens is 1. The third kappa shape index (κ3) is 4.75. The van der Waals surface area contributed by atoms with Gasteiger partial charge in [0.2, 0.25) is 0 Å². The number of aryl methyl sites for hydroxylation is 2. The van der Waals surface area contributed by atoms with Gasteiger partial charge in [-0.2, -0.15) is 0 Å². The van der Waals surface area contributed by atoms with Gasteiger partial charge >= 0.3 is 0 Å². The Bertz CT molecular complexity index is 1330. The lowest BCUT2D eigenvalue weighted by Gasteiger charge is -2.26. The van der Waals surface area contributed by atoms with E-state index < -0.39 is 17.7 Å². The summed E-state index contributed by atoms with van der Waals surface area (Å²) in [5.74, 6) is -1.38. The number of ketones is 1. The number of phenolic OH excluding ortho intramolecular Hbond substituents is 1. The first-order valence-electron chi connectivity index (χ1n) is 11.3. The molecule has 0 aromatic heterocycles. The number of Topliss-reactive ketones (excluding diaryl/α,β-unsaturated/α-hetero) is 1. The SMILES string of the molecule is CCOc1ccc(Cl)c(/C(O)=C2\C(=O)C(=O)N(Cc3cc(C)ccc3C)C2c2ccc(O)cc2)c1. The highest BCUT2D eigenvalue weighted by molar-refractivity contribution is 6.47. The molecule has 0 bridgehead atoms. The Morgan fingerprint density at radius 2 is 1.74 bits per heavy atom. The van der Waals surface area contributed by atoms with Gasteiger partial charge < -0.3 is 19.8 Å². The number of benzene rings is 3. The van der Waals surface area contributed by atoms with E-state index in [-0.39, 0.29) is 34.2 Å². The summed E-state index contributed by atoms with van der Waals surface area (Å²) in [5.41, 5.74) is 3.61. The highest BCUT2D eigenvalue weighted by Gasteiger charge is 2.46. The normalized spacial score (nSPS) is 17.1. The summed E-state index contributed by atoms with van der Waals surface area (Å²) in [4.78, 5) is 28.0. The summed E-state index contributed by atoms with van der Waals surface area (Å²) in [6.07, 6.45) is 0. The Kier molecular flexibility index (Phi) is 6.85. The molecule has 6 nitrogen and oxygen atoms in total. The summed E-state index contributed by atoms with van der Waals surface area (Å²) < 4.78 is 5.53. The van der Waals surface area contributed by atoms with Crippen LogP contribution in [0.1, 0.15) is 40.8 Å². The van der Waals surface area contributed by atoms with E-state index in [9.17, 15) is 19.8 Å². The number of aliphatic hydroxyl groups excluding tert-OH is 1. The third-order valence-electron chi connectivity index (χ3n) is 6.10. The van der Waals surface area contributed by atoms with Gasteiger partial charge in [-0.3, -0.25) is 9.59 Å². The molecule has 1 unspecified atom stereocenters. The zero-order valence-corrected chi connectivity index (χ0v) is 20.5. The van der Waals surface area contributed by atoms with E-state index in [0.717, 1.165) is 16.7 Å². The van der Waals surface area contributed by atoms with Gasteiger partial charge in [-0.1, -0.05) is 47.5 Å². The van der Waals surface area contributed by atoms with Crippen LogP contribution in [0.3, 0.4) is 0 Å². The number of phenols is 1. The van der Waals surface area contributed by atoms with Crippen LogP contribution in [0.25, 0.3) is 5.76 Å². The van der Waals surface area contributed by atoms with Crippen LogP contribution >= 0.6 is 11.6 Å². The molecule has 1 heterocycles. The minimum Gasteiger partial charge on any atom is -0.508 e. The summed E-state index contributed by atoms with van der Waals surface area (Å²) in [5, 5.41) is 21.4. The fraction of sp³-hybridized carbons (Fsp3) is 0.214. The van der Waals surface area contributed by atoms with Gasteiger partial charge in [-0.25, -0.2) is 0 Å². The number of carbonyl (C=O) groups excluding carboxylic acids is 2. The Labute approximate surface area is 209 Å². The van der Waals surface area contributed by atoms with Gasteiger partial charge in [-0.05, 0) is 67.8 Å². The lowest BCUT2D eigenvalue weighted by atomic mass is 9.94. The van der Waals surface area contributed by atoms with E-state index >= 15 is 0 Å². The van der Waals surface area contributed by atoms with Gasteiger partial charge in [0.05, 0.1) is 23.2 Å². The van der Waals surface area contributed by atoms with Gasteiger partial charge in [0.1, 0.15) is 17.3 Å². The van der Waals surface area contributed by atoms with Crippen LogP contribution in [0.2, 0.25) is 5.02 Å². The van der Waals surface area contributed by atoms with E-state index in [4.69, 9.17) is 16.3 Å². The number of hydrogen-bond acceptors (Lipinski definition) is 5. The molecule has 180 valence electrons. The maximum atomic E-state index is 13.3. The number of amides is 1. The predicted octanol–water partition coefficient (Wildman–Crippen LogP) is 5.68. The van der Waals surface area contributed by atoms with Crippen LogP contribution in [-0.2, 0) is 16.1 Å². The second-order valence-electron chi connectivity index (χ2n) is 8.52. The highest BCUT2D eigenvalue weighted by atomic mass is 35.5. The second-order valence-corrected chi connectivity index (χ2v) is 8.93. The molecule has 3 aromatic carbocycles. The van der Waals surface area contributed by atoms with Gasteiger partial charge in [0.15, 0.2) is 0 Å². The number of nitrogens with zero attached hydrogens (tertiary/aromatic N) is 1. The monoisotopic (exact) mass is 491 g/mol. The Morgan fingerprint density at radius 3 is 2.43 bits per heavy atom. The zero-order chi connectivity index (χ0) is 25.3. The molecule has 1 atom stereocenters. The van der Waals surface area contributed by atoms with Crippen molar-refractivity contribution in [3.63, 3.8) is 0 Å². The Morgan fingerprint density at radius 1 is 1.03 bits per heavy atom. The summed E-state index contributed by atoms with van der Waals surface area (Å²) in [7, 11) is 0. The standard InChI is InChI=1S/C28H26ClNO5/c1-4-35-21-11-12-23(29)22(14-21)26(32)24-25(18-7-9-20(31)10-8-18)30(28(34)27(24)33)15-19-13-16(2)5-6-17(19)3/h5-14,25,31-32H,4,15H2,1-3H3/b26-24+. The number of aromatic hydroxyl groups is 1. The van der Waals surface area contributed by atoms with E-state index in [0.29, 0.717) is 17.9 Å². The van der Waals surface area contributed by atoms with Crippen molar-refractivity contribution < 1.29 is 24.5 Å². The molecule has 1 saturated heterocycles. The molecular formula is C28H26ClNO5. The van der Waals surface area contributed by atoms with Crippen molar-refractivity contribution in [1.29, 1.82) is 0 Å². The molecule has 1 fully saturated rings. The largest absolute Gasteiger partial charge is 0.508 e.